The van der Waals surface area contributed by atoms with Crippen molar-refractivity contribution >= 4 is 0 Å². The van der Waals surface area contributed by atoms with Gasteiger partial charge in [0.25, 0.3) is 0 Å². The van der Waals surface area contributed by atoms with Crippen LogP contribution in [0.15, 0.2) is 30.5 Å². The highest BCUT2D eigenvalue weighted by Crippen LogP contribution is 2.32. The maximum Gasteiger partial charge on any atom is 0.132 e. The highest BCUT2D eigenvalue weighted by atomic mass is 19.1. The molecule has 2 aromatic rings. The molecule has 0 atom stereocenters. The molecule has 2 nitrogen and oxygen atoms in total. The van der Waals surface area contributed by atoms with Gasteiger partial charge in [0.15, 0.2) is 0 Å². The van der Waals surface area contributed by atoms with E-state index >= 15 is 0 Å². The van der Waals surface area contributed by atoms with Crippen molar-refractivity contribution in [3.05, 3.63) is 41.8 Å². The van der Waals surface area contributed by atoms with Crippen LogP contribution in [-0.2, 0) is 5.41 Å². The molecule has 0 radical (unpaired) electrons. The highest BCUT2D eigenvalue weighted by Gasteiger charge is 2.22. The van der Waals surface area contributed by atoms with Crippen LogP contribution in [-0.4, -0.2) is 10.2 Å². The van der Waals surface area contributed by atoms with Crippen molar-refractivity contribution < 1.29 is 4.39 Å². The lowest BCUT2D eigenvalue weighted by Crippen LogP contribution is -2.11. The van der Waals surface area contributed by atoms with E-state index in [1.54, 1.807) is 12.1 Å². The Morgan fingerprint density at radius 1 is 1.19 bits per heavy atom. The fourth-order valence-corrected chi connectivity index (χ4v) is 1.72. The average Bonchev–Trinajstić information content (AvgIpc) is 2.66. The molecule has 0 amide bonds. The summed E-state index contributed by atoms with van der Waals surface area (Å²) in [5, 5.41) is 6.96. The normalized spacial score (nSPS) is 11.8. The standard InChI is InChI=1S/C13H15FN2/c1-13(2,3)10-8-15-16-12(10)9-6-4-5-7-11(9)14/h4-8H,1-3H3,(H,15,16). The Labute approximate surface area is 94.5 Å². The maximum absolute atomic E-state index is 13.7. The summed E-state index contributed by atoms with van der Waals surface area (Å²) in [6.07, 6.45) is 1.84. The number of nitrogens with zero attached hydrogens (tertiary/aromatic N) is 1. The van der Waals surface area contributed by atoms with E-state index in [2.05, 4.69) is 31.0 Å². The minimum Gasteiger partial charge on any atom is -0.285 e. The van der Waals surface area contributed by atoms with Crippen LogP contribution in [0.4, 0.5) is 4.39 Å². The number of H-pyrrole nitrogens is 1. The maximum atomic E-state index is 13.7. The zero-order chi connectivity index (χ0) is 11.8. The molecule has 0 bridgehead atoms. The van der Waals surface area contributed by atoms with Gasteiger partial charge in [0.2, 0.25) is 0 Å². The molecule has 1 N–H and O–H groups in total. The van der Waals surface area contributed by atoms with Gasteiger partial charge in [0.1, 0.15) is 5.82 Å². The van der Waals surface area contributed by atoms with Crippen LogP contribution < -0.4 is 0 Å². The van der Waals surface area contributed by atoms with E-state index in [1.165, 1.54) is 6.07 Å². The van der Waals surface area contributed by atoms with Gasteiger partial charge >= 0.3 is 0 Å². The summed E-state index contributed by atoms with van der Waals surface area (Å²) in [6, 6.07) is 6.71. The third-order valence-corrected chi connectivity index (χ3v) is 2.58. The fraction of sp³-hybridized carbons (Fsp3) is 0.308. The smallest absolute Gasteiger partial charge is 0.132 e. The third kappa shape index (κ3) is 1.85. The van der Waals surface area contributed by atoms with Gasteiger partial charge in [-0.2, -0.15) is 5.10 Å². The predicted octanol–water partition coefficient (Wildman–Crippen LogP) is 3.51. The Bertz CT molecular complexity index is 495. The first-order valence-corrected chi connectivity index (χ1v) is 5.29. The highest BCUT2D eigenvalue weighted by molar-refractivity contribution is 5.64. The van der Waals surface area contributed by atoms with E-state index in [0.29, 0.717) is 11.3 Å². The molecule has 0 aliphatic rings. The number of hydrogen-bond acceptors (Lipinski definition) is 1. The second kappa shape index (κ2) is 3.74. The van der Waals surface area contributed by atoms with Crippen molar-refractivity contribution in [2.45, 2.75) is 26.2 Å². The number of nitrogens with one attached hydrogen (secondary N) is 1. The summed E-state index contributed by atoms with van der Waals surface area (Å²) >= 11 is 0. The van der Waals surface area contributed by atoms with Crippen LogP contribution in [0.2, 0.25) is 0 Å². The fourth-order valence-electron chi connectivity index (χ4n) is 1.72. The lowest BCUT2D eigenvalue weighted by atomic mass is 9.86. The first-order valence-electron chi connectivity index (χ1n) is 5.29. The van der Waals surface area contributed by atoms with Crippen LogP contribution >= 0.6 is 0 Å². The molecule has 0 saturated heterocycles. The molecule has 1 heterocycles. The van der Waals surface area contributed by atoms with Crippen LogP contribution in [0.1, 0.15) is 26.3 Å². The summed E-state index contributed by atoms with van der Waals surface area (Å²) in [4.78, 5) is 0. The molecule has 1 aromatic heterocycles. The molecule has 16 heavy (non-hydrogen) atoms. The van der Waals surface area contributed by atoms with E-state index in [0.717, 1.165) is 5.56 Å². The van der Waals surface area contributed by atoms with Crippen LogP contribution in [0, 0.1) is 5.82 Å². The Morgan fingerprint density at radius 3 is 2.50 bits per heavy atom. The number of hydrogen-bond donors (Lipinski definition) is 1. The van der Waals surface area contributed by atoms with Gasteiger partial charge < -0.3 is 0 Å². The molecular formula is C13H15FN2. The van der Waals surface area contributed by atoms with Crippen molar-refractivity contribution in [2.75, 3.05) is 0 Å². The Kier molecular flexibility index (Phi) is 2.54. The van der Waals surface area contributed by atoms with Crippen LogP contribution in [0.3, 0.4) is 0 Å². The van der Waals surface area contributed by atoms with Gasteiger partial charge in [-0.05, 0) is 17.5 Å². The van der Waals surface area contributed by atoms with Gasteiger partial charge in [0, 0.05) is 17.3 Å². The molecular weight excluding hydrogens is 203 g/mol. The van der Waals surface area contributed by atoms with Gasteiger partial charge in [-0.3, -0.25) is 5.10 Å². The molecule has 3 heteroatoms. The first-order chi connectivity index (χ1) is 7.50. The van der Waals surface area contributed by atoms with E-state index < -0.39 is 0 Å². The molecule has 1 aromatic carbocycles. The minimum atomic E-state index is -0.236. The van der Waals surface area contributed by atoms with E-state index in [-0.39, 0.29) is 11.2 Å². The summed E-state index contributed by atoms with van der Waals surface area (Å²) in [5.41, 5.74) is 2.22. The minimum absolute atomic E-state index is 0.0510. The van der Waals surface area contributed by atoms with E-state index in [4.69, 9.17) is 0 Å². The molecule has 0 unspecified atom stereocenters. The predicted molar refractivity (Wildman–Crippen MR) is 62.7 cm³/mol. The first kappa shape index (κ1) is 10.9. The van der Waals surface area contributed by atoms with Gasteiger partial charge in [-0.1, -0.05) is 32.9 Å². The van der Waals surface area contributed by atoms with Crippen LogP contribution in [0.5, 0.6) is 0 Å². The van der Waals surface area contributed by atoms with Gasteiger partial charge in [0.05, 0.1) is 5.69 Å². The Balaban J connectivity index is 2.58. The quantitative estimate of drug-likeness (QED) is 0.779. The molecule has 0 spiro atoms. The largest absolute Gasteiger partial charge is 0.285 e. The van der Waals surface area contributed by atoms with Gasteiger partial charge in [-0.25, -0.2) is 4.39 Å². The van der Waals surface area contributed by atoms with Crippen molar-refractivity contribution in [2.24, 2.45) is 0 Å². The number of halogens is 1. The van der Waals surface area contributed by atoms with Crippen molar-refractivity contribution in [1.82, 2.24) is 10.2 Å². The average molecular weight is 218 g/mol. The topological polar surface area (TPSA) is 28.7 Å². The summed E-state index contributed by atoms with van der Waals surface area (Å²) in [6.45, 7) is 6.26. The number of aromatic amines is 1. The lowest BCUT2D eigenvalue weighted by Gasteiger charge is -2.18. The molecule has 0 fully saturated rings. The number of benzene rings is 1. The van der Waals surface area contributed by atoms with E-state index in [1.807, 2.05) is 12.3 Å². The number of aromatic nitrogens is 2. The second-order valence-corrected chi connectivity index (χ2v) is 4.88. The van der Waals surface area contributed by atoms with Crippen LogP contribution in [0.25, 0.3) is 11.3 Å². The van der Waals surface area contributed by atoms with Gasteiger partial charge in [-0.15, -0.1) is 0 Å². The Morgan fingerprint density at radius 2 is 1.88 bits per heavy atom. The second-order valence-electron chi connectivity index (χ2n) is 4.88. The summed E-state index contributed by atoms with van der Waals surface area (Å²) < 4.78 is 13.7. The molecule has 0 aliphatic heterocycles. The molecule has 84 valence electrons. The van der Waals surface area contributed by atoms with Crippen molar-refractivity contribution in [3.63, 3.8) is 0 Å². The summed E-state index contributed by atoms with van der Waals surface area (Å²) in [7, 11) is 0. The number of rotatable bonds is 1. The SMILES string of the molecule is CC(C)(C)c1c[nH]nc1-c1ccccc1F. The van der Waals surface area contributed by atoms with Crippen molar-refractivity contribution in [1.29, 1.82) is 0 Å². The molecule has 0 aliphatic carbocycles. The molecule has 0 saturated carbocycles. The molecule has 2 rings (SSSR count). The third-order valence-electron chi connectivity index (χ3n) is 2.58. The van der Waals surface area contributed by atoms with Crippen molar-refractivity contribution in [3.8, 4) is 11.3 Å². The monoisotopic (exact) mass is 218 g/mol. The zero-order valence-electron chi connectivity index (χ0n) is 9.71. The summed E-state index contributed by atoms with van der Waals surface area (Å²) in [5.74, 6) is -0.236. The lowest BCUT2D eigenvalue weighted by molar-refractivity contribution is 0.590. The van der Waals surface area contributed by atoms with E-state index in [9.17, 15) is 4.39 Å². The Hall–Kier alpha value is -1.64. The zero-order valence-corrected chi connectivity index (χ0v) is 9.71.